The maximum absolute atomic E-state index is 12.5. The number of nitrogens with one attached hydrogen (secondary N) is 1. The van der Waals surface area contributed by atoms with E-state index in [1.165, 1.54) is 6.20 Å². The summed E-state index contributed by atoms with van der Waals surface area (Å²) >= 11 is 0. The summed E-state index contributed by atoms with van der Waals surface area (Å²) in [5.41, 5.74) is 2.96. The lowest BCUT2D eigenvalue weighted by Gasteiger charge is -2.06. The van der Waals surface area contributed by atoms with E-state index < -0.39 is 5.97 Å². The highest BCUT2D eigenvalue weighted by Crippen LogP contribution is 2.14. The van der Waals surface area contributed by atoms with Crippen LogP contribution >= 0.6 is 0 Å². The second-order valence-electron chi connectivity index (χ2n) is 6.34. The van der Waals surface area contributed by atoms with E-state index >= 15 is 0 Å². The highest BCUT2D eigenvalue weighted by atomic mass is 16.5. The minimum atomic E-state index is -0.520. The molecule has 0 unspecified atom stereocenters. The third-order valence-corrected chi connectivity index (χ3v) is 4.20. The molecular weight excluding hydrogens is 376 g/mol. The molecule has 0 atom stereocenters. The van der Waals surface area contributed by atoms with Crippen molar-refractivity contribution in [2.45, 2.75) is 6.92 Å². The Kier molecular flexibility index (Phi) is 7.28. The second kappa shape index (κ2) is 10.5. The molecule has 0 bridgehead atoms. The molecule has 0 amide bonds. The number of hydrogen-bond acceptors (Lipinski definition) is 5. The second-order valence-corrected chi connectivity index (χ2v) is 6.34. The van der Waals surface area contributed by atoms with Crippen LogP contribution in [-0.4, -0.2) is 24.6 Å². The molecule has 0 aromatic heterocycles. The van der Waals surface area contributed by atoms with Gasteiger partial charge in [0.1, 0.15) is 0 Å². The normalized spacial score (nSPS) is 11.3. The lowest BCUT2D eigenvalue weighted by molar-refractivity contribution is -0.138. The van der Waals surface area contributed by atoms with Gasteiger partial charge in [-0.05, 0) is 36.8 Å². The summed E-state index contributed by atoms with van der Waals surface area (Å²) in [5, 5.41) is 3.04. The Morgan fingerprint density at radius 2 is 1.47 bits per heavy atom. The standard InChI is InChI=1S/C25H22N2O3/c1-2-30-25(29)23(27-17-19-9-5-3-6-10-19)18-26-22-15-13-21(14-16-22)24(28)20-11-7-4-8-12-20/h3-18,26H,2H2,1H3/b23-18+,27-17?. The lowest BCUT2D eigenvalue weighted by Crippen LogP contribution is -2.08. The molecule has 30 heavy (non-hydrogen) atoms. The van der Waals surface area contributed by atoms with E-state index in [2.05, 4.69) is 10.3 Å². The number of nitrogens with zero attached hydrogens (tertiary/aromatic N) is 1. The molecule has 5 heteroatoms. The number of anilines is 1. The van der Waals surface area contributed by atoms with Crippen LogP contribution in [0, 0.1) is 0 Å². The van der Waals surface area contributed by atoms with Crippen molar-refractivity contribution in [3.05, 3.63) is 114 Å². The highest BCUT2D eigenvalue weighted by molar-refractivity contribution is 6.09. The first kappa shape index (κ1) is 20.7. The Balaban J connectivity index is 1.73. The molecule has 0 aliphatic heterocycles. The monoisotopic (exact) mass is 398 g/mol. The van der Waals surface area contributed by atoms with Crippen LogP contribution in [0.25, 0.3) is 0 Å². The zero-order valence-corrected chi connectivity index (χ0v) is 16.6. The predicted molar refractivity (Wildman–Crippen MR) is 119 cm³/mol. The van der Waals surface area contributed by atoms with Gasteiger partial charge in [-0.1, -0.05) is 60.7 Å². The number of ketones is 1. The number of esters is 1. The van der Waals surface area contributed by atoms with Crippen LogP contribution in [0.4, 0.5) is 5.69 Å². The summed E-state index contributed by atoms with van der Waals surface area (Å²) in [7, 11) is 0. The maximum Gasteiger partial charge on any atom is 0.358 e. The molecule has 5 nitrogen and oxygen atoms in total. The average Bonchev–Trinajstić information content (AvgIpc) is 2.80. The van der Waals surface area contributed by atoms with Gasteiger partial charge in [-0.25, -0.2) is 9.79 Å². The largest absolute Gasteiger partial charge is 0.461 e. The first-order valence-corrected chi connectivity index (χ1v) is 9.60. The summed E-state index contributed by atoms with van der Waals surface area (Å²) in [6.45, 7) is 2.00. The topological polar surface area (TPSA) is 67.8 Å². The van der Waals surface area contributed by atoms with Crippen molar-refractivity contribution in [3.63, 3.8) is 0 Å². The van der Waals surface area contributed by atoms with Crippen LogP contribution < -0.4 is 5.32 Å². The Morgan fingerprint density at radius 1 is 0.867 bits per heavy atom. The average molecular weight is 398 g/mol. The van der Waals surface area contributed by atoms with E-state index in [4.69, 9.17) is 4.74 Å². The summed E-state index contributed by atoms with van der Waals surface area (Å²) < 4.78 is 5.07. The smallest absolute Gasteiger partial charge is 0.358 e. The van der Waals surface area contributed by atoms with Crippen molar-refractivity contribution >= 4 is 23.7 Å². The van der Waals surface area contributed by atoms with Crippen molar-refractivity contribution in [2.75, 3.05) is 11.9 Å². The van der Waals surface area contributed by atoms with E-state index in [9.17, 15) is 9.59 Å². The van der Waals surface area contributed by atoms with Crippen LogP contribution in [0.5, 0.6) is 0 Å². The zero-order chi connectivity index (χ0) is 21.2. The van der Waals surface area contributed by atoms with Crippen molar-refractivity contribution < 1.29 is 14.3 Å². The summed E-state index contributed by atoms with van der Waals surface area (Å²) in [6, 6.07) is 25.6. The number of benzene rings is 3. The Morgan fingerprint density at radius 3 is 2.10 bits per heavy atom. The van der Waals surface area contributed by atoms with Gasteiger partial charge in [0.2, 0.25) is 0 Å². The van der Waals surface area contributed by atoms with E-state index in [0.717, 1.165) is 11.3 Å². The van der Waals surface area contributed by atoms with Crippen LogP contribution in [0.15, 0.2) is 102 Å². The van der Waals surface area contributed by atoms with Gasteiger partial charge in [0.15, 0.2) is 11.5 Å². The maximum atomic E-state index is 12.5. The SMILES string of the molecule is CCOC(=O)/C(=C\Nc1ccc(C(=O)c2ccccc2)cc1)N=Cc1ccccc1. The molecular formula is C25H22N2O3. The van der Waals surface area contributed by atoms with E-state index in [1.54, 1.807) is 49.5 Å². The molecule has 0 fully saturated rings. The third kappa shape index (κ3) is 5.75. The fourth-order valence-corrected chi connectivity index (χ4v) is 2.66. The number of ether oxygens (including phenoxy) is 1. The molecule has 0 heterocycles. The first-order valence-electron chi connectivity index (χ1n) is 9.60. The van der Waals surface area contributed by atoms with E-state index in [0.29, 0.717) is 11.1 Å². The number of carbonyl (C=O) groups excluding carboxylic acids is 2. The Bertz CT molecular complexity index is 1040. The van der Waals surface area contributed by atoms with Gasteiger partial charge in [0, 0.05) is 29.2 Å². The zero-order valence-electron chi connectivity index (χ0n) is 16.6. The van der Waals surface area contributed by atoms with Gasteiger partial charge in [0.25, 0.3) is 0 Å². The Labute approximate surface area is 175 Å². The number of carbonyl (C=O) groups is 2. The Hall–Kier alpha value is -3.99. The van der Waals surface area contributed by atoms with Crippen molar-refractivity contribution in [3.8, 4) is 0 Å². The fraction of sp³-hybridized carbons (Fsp3) is 0.0800. The molecule has 0 spiro atoms. The minimum absolute atomic E-state index is 0.0441. The van der Waals surface area contributed by atoms with Gasteiger partial charge in [-0.2, -0.15) is 0 Å². The molecule has 0 radical (unpaired) electrons. The minimum Gasteiger partial charge on any atom is -0.461 e. The molecule has 0 saturated heterocycles. The fourth-order valence-electron chi connectivity index (χ4n) is 2.66. The van der Waals surface area contributed by atoms with Gasteiger partial charge in [-0.15, -0.1) is 0 Å². The number of aliphatic imine (C=N–C) groups is 1. The predicted octanol–water partition coefficient (Wildman–Crippen LogP) is 4.85. The number of hydrogen-bond donors (Lipinski definition) is 1. The van der Waals surface area contributed by atoms with E-state index in [-0.39, 0.29) is 18.1 Å². The molecule has 3 aromatic carbocycles. The van der Waals surface area contributed by atoms with Crippen LogP contribution in [0.2, 0.25) is 0 Å². The van der Waals surface area contributed by atoms with Crippen LogP contribution in [0.3, 0.4) is 0 Å². The van der Waals surface area contributed by atoms with E-state index in [1.807, 2.05) is 48.5 Å². The van der Waals surface area contributed by atoms with Crippen molar-refractivity contribution in [1.29, 1.82) is 0 Å². The highest BCUT2D eigenvalue weighted by Gasteiger charge is 2.10. The summed E-state index contributed by atoms with van der Waals surface area (Å²) in [5.74, 6) is -0.564. The molecule has 1 N–H and O–H groups in total. The quantitative estimate of drug-likeness (QED) is 0.255. The lowest BCUT2D eigenvalue weighted by atomic mass is 10.0. The summed E-state index contributed by atoms with van der Waals surface area (Å²) in [4.78, 5) is 28.9. The van der Waals surface area contributed by atoms with Gasteiger partial charge < -0.3 is 10.1 Å². The summed E-state index contributed by atoms with van der Waals surface area (Å²) in [6.07, 6.45) is 3.09. The van der Waals surface area contributed by atoms with Gasteiger partial charge in [-0.3, -0.25) is 4.79 Å². The molecule has 0 aliphatic rings. The first-order chi connectivity index (χ1) is 14.7. The van der Waals surface area contributed by atoms with Crippen molar-refractivity contribution in [2.24, 2.45) is 4.99 Å². The molecule has 150 valence electrons. The molecule has 0 saturated carbocycles. The van der Waals surface area contributed by atoms with Crippen LogP contribution in [0.1, 0.15) is 28.4 Å². The molecule has 3 rings (SSSR count). The van der Waals surface area contributed by atoms with Gasteiger partial charge in [0.05, 0.1) is 6.61 Å². The third-order valence-electron chi connectivity index (χ3n) is 4.20. The van der Waals surface area contributed by atoms with Crippen LogP contribution in [-0.2, 0) is 9.53 Å². The van der Waals surface area contributed by atoms with Gasteiger partial charge >= 0.3 is 5.97 Å². The number of rotatable bonds is 8. The van der Waals surface area contributed by atoms with Crippen molar-refractivity contribution in [1.82, 2.24) is 0 Å². The molecule has 3 aromatic rings. The molecule has 0 aliphatic carbocycles.